The molecular formula is C10H13O2S+. The van der Waals surface area contributed by atoms with Gasteiger partial charge in [0.15, 0.2) is 5.75 Å². The van der Waals surface area contributed by atoms with Gasteiger partial charge in [-0.1, -0.05) is 12.1 Å². The molecule has 0 aliphatic carbocycles. The van der Waals surface area contributed by atoms with Crippen LogP contribution in [0.5, 0.6) is 5.75 Å². The Bertz CT molecular complexity index is 308. The van der Waals surface area contributed by atoms with E-state index < -0.39 is 0 Å². The lowest BCUT2D eigenvalue weighted by atomic mass is 10.1. The average Bonchev–Trinajstić information content (AvgIpc) is 2.03. The summed E-state index contributed by atoms with van der Waals surface area (Å²) in [5.74, 6) is 0.811. The predicted molar refractivity (Wildman–Crippen MR) is 56.5 cm³/mol. The fraction of sp³-hybridized carbons (Fsp3) is 0.300. The summed E-state index contributed by atoms with van der Waals surface area (Å²) in [6, 6.07) is 6.49. The van der Waals surface area contributed by atoms with Crippen molar-refractivity contribution in [1.29, 1.82) is 0 Å². The second-order valence-corrected chi connectivity index (χ2v) is 5.36. The van der Waals surface area contributed by atoms with E-state index in [4.69, 9.17) is 5.11 Å². The number of phenolic OH excluding ortho intramolecular Hbond substituents is 1. The number of hydrogen-bond acceptors (Lipinski definition) is 2. The largest absolute Gasteiger partial charge is 0.508 e. The molecule has 0 atom stereocenters. The standard InChI is InChI=1S/C10H12O2S/c1-13(2)7-10(12)8-4-3-5-9(11)6-8/h3-6H,7H2,1-2H3/p+1. The van der Waals surface area contributed by atoms with Gasteiger partial charge in [-0.15, -0.1) is 0 Å². The fourth-order valence-corrected chi connectivity index (χ4v) is 1.72. The van der Waals surface area contributed by atoms with Crippen LogP contribution in [0.1, 0.15) is 10.4 Å². The monoisotopic (exact) mass is 197 g/mol. The summed E-state index contributed by atoms with van der Waals surface area (Å²) in [5, 5.41) is 9.15. The summed E-state index contributed by atoms with van der Waals surface area (Å²) in [6.07, 6.45) is 4.06. The second-order valence-electron chi connectivity index (χ2n) is 3.10. The number of phenols is 1. The zero-order chi connectivity index (χ0) is 9.84. The van der Waals surface area contributed by atoms with Crippen LogP contribution in [0.2, 0.25) is 0 Å². The summed E-state index contributed by atoms with van der Waals surface area (Å²) in [4.78, 5) is 11.5. The SMILES string of the molecule is C[S+](C)CC(=O)c1cccc(O)c1. The Morgan fingerprint density at radius 1 is 1.46 bits per heavy atom. The third-order valence-electron chi connectivity index (χ3n) is 1.59. The third-order valence-corrected chi connectivity index (χ3v) is 2.43. The Hall–Kier alpha value is -0.960. The molecule has 13 heavy (non-hydrogen) atoms. The number of benzene rings is 1. The third kappa shape index (κ3) is 3.11. The van der Waals surface area contributed by atoms with Gasteiger partial charge in [0.1, 0.15) is 5.75 Å². The maximum Gasteiger partial charge on any atom is 0.211 e. The van der Waals surface area contributed by atoms with E-state index in [2.05, 4.69) is 0 Å². The minimum Gasteiger partial charge on any atom is -0.508 e. The lowest BCUT2D eigenvalue weighted by Gasteiger charge is -1.99. The van der Waals surface area contributed by atoms with E-state index in [-0.39, 0.29) is 22.4 Å². The van der Waals surface area contributed by atoms with Crippen molar-refractivity contribution in [3.63, 3.8) is 0 Å². The van der Waals surface area contributed by atoms with Crippen molar-refractivity contribution in [1.82, 2.24) is 0 Å². The Morgan fingerprint density at radius 2 is 2.15 bits per heavy atom. The van der Waals surface area contributed by atoms with E-state index in [1.54, 1.807) is 18.2 Å². The van der Waals surface area contributed by atoms with Gasteiger partial charge in [0.25, 0.3) is 0 Å². The fourth-order valence-electron chi connectivity index (χ4n) is 1.02. The summed E-state index contributed by atoms with van der Waals surface area (Å²) in [6.45, 7) is 0. The quantitative estimate of drug-likeness (QED) is 0.588. The molecule has 1 aromatic rings. The highest BCUT2D eigenvalue weighted by Gasteiger charge is 2.13. The van der Waals surface area contributed by atoms with Gasteiger partial charge in [-0.05, 0) is 23.0 Å². The van der Waals surface area contributed by atoms with Crippen LogP contribution in [-0.2, 0) is 10.9 Å². The molecule has 1 N–H and O–H groups in total. The normalized spacial score (nSPS) is 10.4. The first-order valence-corrected chi connectivity index (χ1v) is 6.17. The highest BCUT2D eigenvalue weighted by Crippen LogP contribution is 2.11. The van der Waals surface area contributed by atoms with Crippen LogP contribution in [0.25, 0.3) is 0 Å². The number of carbonyl (C=O) groups excluding carboxylic acids is 1. The first-order chi connectivity index (χ1) is 6.09. The predicted octanol–water partition coefficient (Wildman–Crippen LogP) is 1.45. The molecule has 0 heterocycles. The van der Waals surface area contributed by atoms with Crippen molar-refractivity contribution < 1.29 is 9.90 Å². The van der Waals surface area contributed by atoms with E-state index in [1.807, 2.05) is 12.5 Å². The Kier molecular flexibility index (Phi) is 3.37. The van der Waals surface area contributed by atoms with E-state index in [0.717, 1.165) is 0 Å². The molecule has 0 aromatic heterocycles. The second kappa shape index (κ2) is 4.33. The Balaban J connectivity index is 2.77. The van der Waals surface area contributed by atoms with E-state index in [9.17, 15) is 4.79 Å². The van der Waals surface area contributed by atoms with E-state index in [0.29, 0.717) is 11.3 Å². The number of ketones is 1. The smallest absolute Gasteiger partial charge is 0.211 e. The molecule has 0 saturated heterocycles. The molecule has 0 saturated carbocycles. The van der Waals surface area contributed by atoms with Gasteiger partial charge in [-0.25, -0.2) is 0 Å². The minimum absolute atomic E-state index is 0.101. The topological polar surface area (TPSA) is 37.3 Å². The minimum atomic E-state index is 0.101. The van der Waals surface area contributed by atoms with Crippen molar-refractivity contribution in [3.8, 4) is 5.75 Å². The van der Waals surface area contributed by atoms with Crippen LogP contribution in [-0.4, -0.2) is 29.2 Å². The van der Waals surface area contributed by atoms with Crippen LogP contribution in [0.15, 0.2) is 24.3 Å². The first kappa shape index (κ1) is 10.1. The molecule has 0 fully saturated rings. The van der Waals surface area contributed by atoms with Crippen LogP contribution in [0, 0.1) is 0 Å². The zero-order valence-corrected chi connectivity index (χ0v) is 8.60. The molecule has 0 radical (unpaired) electrons. The summed E-state index contributed by atoms with van der Waals surface area (Å²) in [7, 11) is 0.116. The number of hydrogen-bond donors (Lipinski definition) is 1. The Labute approximate surface area is 80.9 Å². The number of Topliss-reactive ketones (excluding diaryl/α,β-unsaturated/α-hetero) is 1. The molecule has 0 aliphatic rings. The van der Waals surface area contributed by atoms with Crippen molar-refractivity contribution in [2.45, 2.75) is 0 Å². The van der Waals surface area contributed by atoms with Gasteiger partial charge < -0.3 is 5.11 Å². The van der Waals surface area contributed by atoms with Gasteiger partial charge in [-0.3, -0.25) is 4.79 Å². The Morgan fingerprint density at radius 3 is 2.69 bits per heavy atom. The summed E-state index contributed by atoms with van der Waals surface area (Å²) < 4.78 is 0. The number of carbonyl (C=O) groups is 1. The molecule has 0 spiro atoms. The number of rotatable bonds is 3. The van der Waals surface area contributed by atoms with Crippen LogP contribution in [0.3, 0.4) is 0 Å². The van der Waals surface area contributed by atoms with Gasteiger partial charge >= 0.3 is 0 Å². The van der Waals surface area contributed by atoms with Crippen LogP contribution < -0.4 is 0 Å². The highest BCUT2D eigenvalue weighted by molar-refractivity contribution is 7.96. The molecule has 3 heteroatoms. The summed E-state index contributed by atoms with van der Waals surface area (Å²) >= 11 is 0. The molecule has 0 bridgehead atoms. The van der Waals surface area contributed by atoms with Crippen molar-refractivity contribution in [2.75, 3.05) is 18.3 Å². The van der Waals surface area contributed by atoms with Gasteiger partial charge in [0, 0.05) is 5.56 Å². The lowest BCUT2D eigenvalue weighted by Crippen LogP contribution is -2.13. The van der Waals surface area contributed by atoms with Crippen molar-refractivity contribution in [2.24, 2.45) is 0 Å². The van der Waals surface area contributed by atoms with E-state index >= 15 is 0 Å². The van der Waals surface area contributed by atoms with Gasteiger partial charge in [0.2, 0.25) is 5.78 Å². The lowest BCUT2D eigenvalue weighted by molar-refractivity contribution is 0.102. The molecule has 0 amide bonds. The molecule has 70 valence electrons. The average molecular weight is 197 g/mol. The molecule has 2 nitrogen and oxygen atoms in total. The van der Waals surface area contributed by atoms with E-state index in [1.165, 1.54) is 6.07 Å². The molecule has 0 unspecified atom stereocenters. The zero-order valence-electron chi connectivity index (χ0n) is 7.78. The molecule has 1 rings (SSSR count). The van der Waals surface area contributed by atoms with Gasteiger partial charge in [-0.2, -0.15) is 0 Å². The molecular weight excluding hydrogens is 184 g/mol. The maximum atomic E-state index is 11.5. The maximum absolute atomic E-state index is 11.5. The van der Waals surface area contributed by atoms with Crippen LogP contribution >= 0.6 is 0 Å². The summed E-state index contributed by atoms with van der Waals surface area (Å²) in [5.41, 5.74) is 0.598. The van der Waals surface area contributed by atoms with Crippen molar-refractivity contribution in [3.05, 3.63) is 29.8 Å². The highest BCUT2D eigenvalue weighted by atomic mass is 32.2. The molecule has 0 aliphatic heterocycles. The first-order valence-electron chi connectivity index (χ1n) is 3.96. The van der Waals surface area contributed by atoms with Crippen molar-refractivity contribution >= 4 is 16.7 Å². The molecule has 1 aromatic carbocycles. The van der Waals surface area contributed by atoms with Gasteiger partial charge in [0.05, 0.1) is 12.5 Å². The van der Waals surface area contributed by atoms with Crippen LogP contribution in [0.4, 0.5) is 0 Å². The number of aromatic hydroxyl groups is 1.